The number of nitrogens with one attached hydrogen (secondary N) is 1. The molecule has 84 valence electrons. The molecule has 1 amide bonds. The second kappa shape index (κ2) is 3.94. The summed E-state index contributed by atoms with van der Waals surface area (Å²) in [7, 11) is 0. The van der Waals surface area contributed by atoms with Gasteiger partial charge in [-0.3, -0.25) is 4.79 Å². The standard InChI is InChI=1S/C14H11NO2/c16-13-9-10-5-4-8-12(14(10)15-13)17-11-6-2-1-3-7-11/h1-8H,9H2,(H,15,16). The average molecular weight is 225 g/mol. The van der Waals surface area contributed by atoms with Crippen molar-refractivity contribution < 1.29 is 9.53 Å². The Morgan fingerprint density at radius 3 is 2.65 bits per heavy atom. The summed E-state index contributed by atoms with van der Waals surface area (Å²) in [5.41, 5.74) is 1.78. The van der Waals surface area contributed by atoms with E-state index in [4.69, 9.17) is 4.74 Å². The average Bonchev–Trinajstić information content (AvgIpc) is 2.72. The van der Waals surface area contributed by atoms with E-state index in [-0.39, 0.29) is 5.91 Å². The van der Waals surface area contributed by atoms with E-state index < -0.39 is 0 Å². The summed E-state index contributed by atoms with van der Waals surface area (Å²) in [5, 5.41) is 2.82. The summed E-state index contributed by atoms with van der Waals surface area (Å²) in [6, 6.07) is 15.2. The molecule has 0 unspecified atom stereocenters. The van der Waals surface area contributed by atoms with Gasteiger partial charge in [-0.15, -0.1) is 0 Å². The van der Waals surface area contributed by atoms with Gasteiger partial charge in [-0.2, -0.15) is 0 Å². The summed E-state index contributed by atoms with van der Waals surface area (Å²) >= 11 is 0. The van der Waals surface area contributed by atoms with E-state index in [9.17, 15) is 4.79 Å². The van der Waals surface area contributed by atoms with E-state index >= 15 is 0 Å². The predicted octanol–water partition coefficient (Wildman–Crippen LogP) is 2.97. The van der Waals surface area contributed by atoms with Gasteiger partial charge in [0.2, 0.25) is 5.91 Å². The van der Waals surface area contributed by atoms with Gasteiger partial charge in [0.1, 0.15) is 5.75 Å². The fourth-order valence-electron chi connectivity index (χ4n) is 1.92. The first kappa shape index (κ1) is 9.90. The minimum Gasteiger partial charge on any atom is -0.455 e. The van der Waals surface area contributed by atoms with Crippen molar-refractivity contribution in [3.63, 3.8) is 0 Å². The maximum absolute atomic E-state index is 11.3. The summed E-state index contributed by atoms with van der Waals surface area (Å²) in [5.74, 6) is 1.48. The van der Waals surface area contributed by atoms with Gasteiger partial charge in [0, 0.05) is 0 Å². The van der Waals surface area contributed by atoms with Gasteiger partial charge >= 0.3 is 0 Å². The molecule has 3 heteroatoms. The van der Waals surface area contributed by atoms with Crippen LogP contribution in [0, 0.1) is 0 Å². The largest absolute Gasteiger partial charge is 0.455 e. The van der Waals surface area contributed by atoms with Gasteiger partial charge in [0.05, 0.1) is 12.1 Å². The molecular weight excluding hydrogens is 214 g/mol. The maximum Gasteiger partial charge on any atom is 0.228 e. The summed E-state index contributed by atoms with van der Waals surface area (Å²) < 4.78 is 5.75. The number of anilines is 1. The van der Waals surface area contributed by atoms with Crippen LogP contribution in [0.3, 0.4) is 0 Å². The first-order valence-corrected chi connectivity index (χ1v) is 5.47. The fourth-order valence-corrected chi connectivity index (χ4v) is 1.92. The highest BCUT2D eigenvalue weighted by atomic mass is 16.5. The number of para-hydroxylation sites is 2. The van der Waals surface area contributed by atoms with Crippen molar-refractivity contribution >= 4 is 11.6 Å². The van der Waals surface area contributed by atoms with Crippen LogP contribution in [0.25, 0.3) is 0 Å². The van der Waals surface area contributed by atoms with Crippen molar-refractivity contribution in [1.82, 2.24) is 0 Å². The molecule has 0 aromatic heterocycles. The van der Waals surface area contributed by atoms with Crippen molar-refractivity contribution in [2.45, 2.75) is 6.42 Å². The molecule has 2 aromatic rings. The minimum atomic E-state index is 0.0177. The monoisotopic (exact) mass is 225 g/mol. The lowest BCUT2D eigenvalue weighted by atomic mass is 10.1. The number of rotatable bonds is 2. The third kappa shape index (κ3) is 1.87. The lowest BCUT2D eigenvalue weighted by Crippen LogP contribution is -2.04. The zero-order valence-electron chi connectivity index (χ0n) is 9.14. The highest BCUT2D eigenvalue weighted by Gasteiger charge is 2.21. The molecule has 17 heavy (non-hydrogen) atoms. The van der Waals surface area contributed by atoms with E-state index in [0.29, 0.717) is 12.2 Å². The van der Waals surface area contributed by atoms with Gasteiger partial charge in [-0.05, 0) is 23.8 Å². The summed E-state index contributed by atoms with van der Waals surface area (Å²) in [6.45, 7) is 0. The van der Waals surface area contributed by atoms with Crippen molar-refractivity contribution in [1.29, 1.82) is 0 Å². The number of amides is 1. The maximum atomic E-state index is 11.3. The molecule has 0 aliphatic carbocycles. The first-order chi connectivity index (χ1) is 8.33. The van der Waals surface area contributed by atoms with Crippen LogP contribution in [0.5, 0.6) is 11.5 Å². The molecule has 0 saturated heterocycles. The van der Waals surface area contributed by atoms with Crippen LogP contribution >= 0.6 is 0 Å². The molecule has 0 atom stereocenters. The van der Waals surface area contributed by atoms with Crippen LogP contribution in [-0.2, 0) is 11.2 Å². The van der Waals surface area contributed by atoms with E-state index in [2.05, 4.69) is 5.32 Å². The van der Waals surface area contributed by atoms with Crippen LogP contribution in [-0.4, -0.2) is 5.91 Å². The van der Waals surface area contributed by atoms with Gasteiger partial charge in [0.15, 0.2) is 5.75 Å². The Morgan fingerprint density at radius 1 is 1.00 bits per heavy atom. The molecule has 1 N–H and O–H groups in total. The zero-order valence-corrected chi connectivity index (χ0v) is 9.14. The molecule has 3 rings (SSSR count). The zero-order chi connectivity index (χ0) is 11.7. The third-order valence-corrected chi connectivity index (χ3v) is 2.70. The van der Waals surface area contributed by atoms with Gasteiger partial charge < -0.3 is 10.1 Å². The first-order valence-electron chi connectivity index (χ1n) is 5.47. The molecule has 0 radical (unpaired) electrons. The normalized spacial score (nSPS) is 13.1. The minimum absolute atomic E-state index is 0.0177. The molecule has 0 spiro atoms. The highest BCUT2D eigenvalue weighted by molar-refractivity contribution is 6.00. The molecule has 1 heterocycles. The Labute approximate surface area is 99.0 Å². The van der Waals surface area contributed by atoms with Gasteiger partial charge in [-0.1, -0.05) is 30.3 Å². The molecule has 2 aromatic carbocycles. The Kier molecular flexibility index (Phi) is 2.29. The number of benzene rings is 2. The number of hydrogen-bond donors (Lipinski definition) is 1. The van der Waals surface area contributed by atoms with E-state index in [1.165, 1.54) is 0 Å². The number of carbonyl (C=O) groups is 1. The van der Waals surface area contributed by atoms with Crippen molar-refractivity contribution in [2.75, 3.05) is 5.32 Å². The Morgan fingerprint density at radius 2 is 1.82 bits per heavy atom. The number of fused-ring (bicyclic) bond motifs is 1. The lowest BCUT2D eigenvalue weighted by molar-refractivity contribution is -0.115. The van der Waals surface area contributed by atoms with Gasteiger partial charge in [-0.25, -0.2) is 0 Å². The smallest absolute Gasteiger partial charge is 0.228 e. The second-order valence-electron chi connectivity index (χ2n) is 3.93. The number of carbonyl (C=O) groups excluding carboxylic acids is 1. The quantitative estimate of drug-likeness (QED) is 0.853. The van der Waals surface area contributed by atoms with Crippen LogP contribution in [0.15, 0.2) is 48.5 Å². The number of hydrogen-bond acceptors (Lipinski definition) is 2. The molecule has 3 nitrogen and oxygen atoms in total. The summed E-state index contributed by atoms with van der Waals surface area (Å²) in [4.78, 5) is 11.3. The van der Waals surface area contributed by atoms with Crippen molar-refractivity contribution in [2.24, 2.45) is 0 Å². The number of ether oxygens (including phenoxy) is 1. The topological polar surface area (TPSA) is 38.3 Å². The van der Waals surface area contributed by atoms with Gasteiger partial charge in [0.25, 0.3) is 0 Å². The predicted molar refractivity (Wildman–Crippen MR) is 65.3 cm³/mol. The molecular formula is C14H11NO2. The van der Waals surface area contributed by atoms with E-state index in [1.807, 2.05) is 48.5 Å². The Balaban J connectivity index is 1.95. The van der Waals surface area contributed by atoms with Crippen LogP contribution in [0.2, 0.25) is 0 Å². The van der Waals surface area contributed by atoms with E-state index in [1.54, 1.807) is 0 Å². The van der Waals surface area contributed by atoms with Crippen LogP contribution in [0.1, 0.15) is 5.56 Å². The SMILES string of the molecule is O=C1Cc2cccc(Oc3ccccc3)c2N1. The Bertz CT molecular complexity index is 564. The van der Waals surface area contributed by atoms with Crippen molar-refractivity contribution in [3.05, 3.63) is 54.1 Å². The summed E-state index contributed by atoms with van der Waals surface area (Å²) in [6.07, 6.45) is 0.432. The van der Waals surface area contributed by atoms with Crippen molar-refractivity contribution in [3.8, 4) is 11.5 Å². The second-order valence-corrected chi connectivity index (χ2v) is 3.93. The lowest BCUT2D eigenvalue weighted by Gasteiger charge is -2.09. The van der Waals surface area contributed by atoms with E-state index in [0.717, 1.165) is 17.0 Å². The molecule has 0 fully saturated rings. The molecule has 1 aliphatic rings. The third-order valence-electron chi connectivity index (χ3n) is 2.70. The molecule has 1 aliphatic heterocycles. The fraction of sp³-hybridized carbons (Fsp3) is 0.0714. The van der Waals surface area contributed by atoms with Crippen LogP contribution < -0.4 is 10.1 Å². The van der Waals surface area contributed by atoms with Crippen LogP contribution in [0.4, 0.5) is 5.69 Å². The Hall–Kier alpha value is -2.29. The molecule has 0 bridgehead atoms. The molecule has 0 saturated carbocycles. The highest BCUT2D eigenvalue weighted by Crippen LogP contribution is 2.35.